The second-order valence-electron chi connectivity index (χ2n) is 4.44. The Morgan fingerprint density at radius 2 is 2.13 bits per heavy atom. The summed E-state index contributed by atoms with van der Waals surface area (Å²) in [5, 5.41) is 4.27. The van der Waals surface area contributed by atoms with Gasteiger partial charge in [0, 0.05) is 11.8 Å². The van der Waals surface area contributed by atoms with Crippen LogP contribution in [0.1, 0.15) is 31.7 Å². The molecule has 2 heteroatoms. The standard InChI is InChI=1S/C13H19NS/c1-10(12-6-4-3-5-7-12)8-13-14-11(2)9-15-13/h3-7,10-11,13-14H,8-9H2,1-2H3. The summed E-state index contributed by atoms with van der Waals surface area (Å²) in [6, 6.07) is 11.5. The van der Waals surface area contributed by atoms with E-state index in [1.54, 1.807) is 0 Å². The first kappa shape index (κ1) is 11.0. The third kappa shape index (κ3) is 2.99. The van der Waals surface area contributed by atoms with Crippen molar-refractivity contribution in [3.8, 4) is 0 Å². The second-order valence-corrected chi connectivity index (χ2v) is 5.67. The van der Waals surface area contributed by atoms with Gasteiger partial charge in [-0.1, -0.05) is 37.3 Å². The molecule has 1 N–H and O–H groups in total. The molecule has 1 aromatic rings. The molecule has 1 aliphatic rings. The molecule has 0 aromatic heterocycles. The quantitative estimate of drug-likeness (QED) is 0.841. The van der Waals surface area contributed by atoms with Crippen LogP contribution in [0.2, 0.25) is 0 Å². The van der Waals surface area contributed by atoms with E-state index in [2.05, 4.69) is 61.3 Å². The largest absolute Gasteiger partial charge is 0.302 e. The van der Waals surface area contributed by atoms with Gasteiger partial charge in [-0.25, -0.2) is 0 Å². The van der Waals surface area contributed by atoms with Crippen LogP contribution in [-0.4, -0.2) is 17.2 Å². The highest BCUT2D eigenvalue weighted by Crippen LogP contribution is 2.28. The van der Waals surface area contributed by atoms with Crippen molar-refractivity contribution in [2.45, 2.75) is 37.6 Å². The first-order valence-corrected chi connectivity index (χ1v) is 6.73. The van der Waals surface area contributed by atoms with E-state index < -0.39 is 0 Å². The van der Waals surface area contributed by atoms with E-state index in [1.165, 1.54) is 17.7 Å². The van der Waals surface area contributed by atoms with Gasteiger partial charge < -0.3 is 5.32 Å². The van der Waals surface area contributed by atoms with Gasteiger partial charge >= 0.3 is 0 Å². The molecule has 1 aliphatic heterocycles. The molecule has 82 valence electrons. The number of nitrogens with one attached hydrogen (secondary N) is 1. The van der Waals surface area contributed by atoms with E-state index in [1.807, 2.05) is 0 Å². The maximum Gasteiger partial charge on any atom is 0.0540 e. The lowest BCUT2D eigenvalue weighted by Gasteiger charge is -2.17. The molecule has 0 bridgehead atoms. The van der Waals surface area contributed by atoms with Crippen molar-refractivity contribution in [3.63, 3.8) is 0 Å². The Kier molecular flexibility index (Phi) is 3.71. The number of rotatable bonds is 3. The van der Waals surface area contributed by atoms with E-state index in [0.29, 0.717) is 17.3 Å². The monoisotopic (exact) mass is 221 g/mol. The zero-order chi connectivity index (χ0) is 10.7. The van der Waals surface area contributed by atoms with Gasteiger partial charge in [0.05, 0.1) is 5.37 Å². The first-order valence-electron chi connectivity index (χ1n) is 5.68. The zero-order valence-corrected chi connectivity index (χ0v) is 10.3. The van der Waals surface area contributed by atoms with Crippen molar-refractivity contribution < 1.29 is 0 Å². The van der Waals surface area contributed by atoms with Gasteiger partial charge in [0.15, 0.2) is 0 Å². The minimum Gasteiger partial charge on any atom is -0.302 e. The van der Waals surface area contributed by atoms with Gasteiger partial charge in [-0.2, -0.15) is 0 Å². The molecular weight excluding hydrogens is 202 g/mol. The van der Waals surface area contributed by atoms with E-state index in [-0.39, 0.29) is 0 Å². The zero-order valence-electron chi connectivity index (χ0n) is 9.44. The summed E-state index contributed by atoms with van der Waals surface area (Å²) in [6.07, 6.45) is 1.24. The number of hydrogen-bond donors (Lipinski definition) is 1. The van der Waals surface area contributed by atoms with Crippen molar-refractivity contribution in [2.24, 2.45) is 0 Å². The molecule has 0 aliphatic carbocycles. The Hall–Kier alpha value is -0.470. The first-order chi connectivity index (χ1) is 7.25. The SMILES string of the molecule is CC1CSC(CC(C)c2ccccc2)N1. The van der Waals surface area contributed by atoms with Crippen LogP contribution in [0.5, 0.6) is 0 Å². The average Bonchev–Trinajstić information content (AvgIpc) is 2.65. The van der Waals surface area contributed by atoms with Crippen LogP contribution >= 0.6 is 11.8 Å². The number of benzene rings is 1. The summed E-state index contributed by atoms with van der Waals surface area (Å²) in [4.78, 5) is 0. The van der Waals surface area contributed by atoms with Crippen LogP contribution in [0.4, 0.5) is 0 Å². The fraction of sp³-hybridized carbons (Fsp3) is 0.538. The highest BCUT2D eigenvalue weighted by molar-refractivity contribution is 8.00. The molecule has 1 nitrogen and oxygen atoms in total. The van der Waals surface area contributed by atoms with Gasteiger partial charge in [0.2, 0.25) is 0 Å². The smallest absolute Gasteiger partial charge is 0.0540 e. The Bertz CT molecular complexity index is 299. The van der Waals surface area contributed by atoms with Gasteiger partial charge in [-0.05, 0) is 24.8 Å². The Balaban J connectivity index is 1.90. The molecule has 1 saturated heterocycles. The summed E-state index contributed by atoms with van der Waals surface area (Å²) < 4.78 is 0. The number of thioether (sulfide) groups is 1. The topological polar surface area (TPSA) is 12.0 Å². The van der Waals surface area contributed by atoms with Crippen LogP contribution in [0.25, 0.3) is 0 Å². The molecule has 0 radical (unpaired) electrons. The fourth-order valence-electron chi connectivity index (χ4n) is 2.05. The van der Waals surface area contributed by atoms with Crippen LogP contribution in [-0.2, 0) is 0 Å². The Morgan fingerprint density at radius 3 is 2.73 bits per heavy atom. The highest BCUT2D eigenvalue weighted by atomic mass is 32.2. The average molecular weight is 221 g/mol. The highest BCUT2D eigenvalue weighted by Gasteiger charge is 2.22. The van der Waals surface area contributed by atoms with Crippen molar-refractivity contribution in [1.29, 1.82) is 0 Å². The lowest BCUT2D eigenvalue weighted by molar-refractivity contribution is 0.539. The molecule has 15 heavy (non-hydrogen) atoms. The molecule has 0 spiro atoms. The lowest BCUT2D eigenvalue weighted by atomic mass is 9.98. The second kappa shape index (κ2) is 5.04. The summed E-state index contributed by atoms with van der Waals surface area (Å²) in [6.45, 7) is 4.58. The predicted molar refractivity (Wildman–Crippen MR) is 68.3 cm³/mol. The minimum atomic E-state index is 0.648. The fourth-order valence-corrected chi connectivity index (χ4v) is 3.42. The molecule has 1 heterocycles. The molecule has 3 atom stereocenters. The van der Waals surface area contributed by atoms with Gasteiger partial charge in [-0.15, -0.1) is 11.8 Å². The molecule has 1 aromatic carbocycles. The summed E-state index contributed by atoms with van der Waals surface area (Å²) >= 11 is 2.06. The van der Waals surface area contributed by atoms with Gasteiger partial charge in [0.25, 0.3) is 0 Å². The summed E-state index contributed by atoms with van der Waals surface area (Å²) in [7, 11) is 0. The number of hydrogen-bond acceptors (Lipinski definition) is 2. The third-order valence-corrected chi connectivity index (χ3v) is 4.38. The molecular formula is C13H19NS. The summed E-state index contributed by atoms with van der Waals surface area (Å²) in [5.74, 6) is 1.91. The van der Waals surface area contributed by atoms with E-state index in [9.17, 15) is 0 Å². The maximum absolute atomic E-state index is 3.62. The van der Waals surface area contributed by atoms with Crippen LogP contribution in [0, 0.1) is 0 Å². The molecule has 2 rings (SSSR count). The minimum absolute atomic E-state index is 0.648. The molecule has 0 saturated carbocycles. The van der Waals surface area contributed by atoms with Crippen molar-refractivity contribution in [2.75, 3.05) is 5.75 Å². The maximum atomic E-state index is 3.62. The molecule has 1 fully saturated rings. The van der Waals surface area contributed by atoms with Crippen LogP contribution in [0.15, 0.2) is 30.3 Å². The third-order valence-electron chi connectivity index (χ3n) is 2.95. The van der Waals surface area contributed by atoms with Crippen LogP contribution in [0.3, 0.4) is 0 Å². The van der Waals surface area contributed by atoms with Crippen molar-refractivity contribution in [3.05, 3.63) is 35.9 Å². The normalized spacial score (nSPS) is 27.9. The van der Waals surface area contributed by atoms with Crippen molar-refractivity contribution in [1.82, 2.24) is 5.32 Å². The van der Waals surface area contributed by atoms with Crippen molar-refractivity contribution >= 4 is 11.8 Å². The van der Waals surface area contributed by atoms with Crippen LogP contribution < -0.4 is 5.32 Å². The predicted octanol–water partition coefficient (Wildman–Crippen LogP) is 3.23. The molecule has 0 amide bonds. The Morgan fingerprint density at radius 1 is 1.40 bits per heavy atom. The Labute approximate surface area is 96.7 Å². The van der Waals surface area contributed by atoms with E-state index in [4.69, 9.17) is 0 Å². The van der Waals surface area contributed by atoms with Gasteiger partial charge in [0.1, 0.15) is 0 Å². The summed E-state index contributed by atoms with van der Waals surface area (Å²) in [5.41, 5.74) is 1.46. The van der Waals surface area contributed by atoms with E-state index >= 15 is 0 Å². The molecule has 3 unspecified atom stereocenters. The van der Waals surface area contributed by atoms with E-state index in [0.717, 1.165) is 0 Å². The van der Waals surface area contributed by atoms with Gasteiger partial charge in [-0.3, -0.25) is 0 Å². The lowest BCUT2D eigenvalue weighted by Crippen LogP contribution is -2.28.